The number of amides is 4. The van der Waals surface area contributed by atoms with Gasteiger partial charge in [-0.05, 0) is 56.2 Å². The lowest BCUT2D eigenvalue weighted by molar-refractivity contribution is -0.135. The Balaban J connectivity index is 1.65. The normalized spacial score (nSPS) is 25.5. The van der Waals surface area contributed by atoms with E-state index >= 15 is 0 Å². The average Bonchev–Trinajstić information content (AvgIpc) is 2.82. The number of hydrogen-bond acceptors (Lipinski definition) is 3. The molecule has 2 fully saturated rings. The Morgan fingerprint density at radius 3 is 2.65 bits per heavy atom. The Kier molecular flexibility index (Phi) is 4.98. The molecule has 7 heteroatoms. The van der Waals surface area contributed by atoms with E-state index in [1.807, 2.05) is 0 Å². The van der Waals surface area contributed by atoms with Gasteiger partial charge >= 0.3 is 6.03 Å². The van der Waals surface area contributed by atoms with E-state index < -0.39 is 29.8 Å². The first-order chi connectivity index (χ1) is 12.3. The SMILES string of the molecule is CCC1CCC2(CC1)NC(=O)N(CC(=O)Nc1ccc(C)cc1F)C2=O. The number of benzene rings is 1. The minimum atomic E-state index is -0.877. The molecule has 1 saturated heterocycles. The van der Waals surface area contributed by atoms with Gasteiger partial charge in [-0.15, -0.1) is 0 Å². The number of imide groups is 1. The Morgan fingerprint density at radius 1 is 1.35 bits per heavy atom. The molecule has 1 aliphatic heterocycles. The molecule has 140 valence electrons. The highest BCUT2D eigenvalue weighted by Gasteiger charge is 2.52. The highest BCUT2D eigenvalue weighted by atomic mass is 19.1. The van der Waals surface area contributed by atoms with Crippen LogP contribution in [0.4, 0.5) is 14.9 Å². The predicted molar refractivity (Wildman–Crippen MR) is 95.0 cm³/mol. The first kappa shape index (κ1) is 18.4. The molecule has 0 unspecified atom stereocenters. The fourth-order valence-corrected chi connectivity index (χ4v) is 3.79. The summed E-state index contributed by atoms with van der Waals surface area (Å²) in [4.78, 5) is 38.2. The lowest BCUT2D eigenvalue weighted by Crippen LogP contribution is -2.49. The van der Waals surface area contributed by atoms with Crippen LogP contribution in [0.5, 0.6) is 0 Å². The number of nitrogens with zero attached hydrogens (tertiary/aromatic N) is 1. The average molecular weight is 361 g/mol. The molecule has 0 radical (unpaired) electrons. The molecule has 1 saturated carbocycles. The van der Waals surface area contributed by atoms with Crippen molar-refractivity contribution in [1.82, 2.24) is 10.2 Å². The largest absolute Gasteiger partial charge is 0.325 e. The van der Waals surface area contributed by atoms with Crippen molar-refractivity contribution in [3.63, 3.8) is 0 Å². The van der Waals surface area contributed by atoms with Crippen LogP contribution in [-0.2, 0) is 9.59 Å². The third kappa shape index (κ3) is 3.43. The van der Waals surface area contributed by atoms with Crippen LogP contribution >= 0.6 is 0 Å². The number of halogens is 1. The Labute approximate surface area is 152 Å². The molecular weight excluding hydrogens is 337 g/mol. The van der Waals surface area contributed by atoms with Gasteiger partial charge in [-0.3, -0.25) is 14.5 Å². The fourth-order valence-electron chi connectivity index (χ4n) is 3.79. The summed E-state index contributed by atoms with van der Waals surface area (Å²) < 4.78 is 13.9. The van der Waals surface area contributed by atoms with Crippen LogP contribution in [0.3, 0.4) is 0 Å². The van der Waals surface area contributed by atoms with Crippen molar-refractivity contribution in [2.75, 3.05) is 11.9 Å². The minimum absolute atomic E-state index is 0.0332. The molecule has 4 amide bonds. The maximum absolute atomic E-state index is 13.9. The quantitative estimate of drug-likeness (QED) is 0.810. The van der Waals surface area contributed by atoms with Crippen LogP contribution < -0.4 is 10.6 Å². The van der Waals surface area contributed by atoms with Crippen LogP contribution in [0.2, 0.25) is 0 Å². The van der Waals surface area contributed by atoms with Gasteiger partial charge in [-0.25, -0.2) is 9.18 Å². The lowest BCUT2D eigenvalue weighted by Gasteiger charge is -2.34. The van der Waals surface area contributed by atoms with Crippen LogP contribution in [0.25, 0.3) is 0 Å². The minimum Gasteiger partial charge on any atom is -0.323 e. The van der Waals surface area contributed by atoms with Crippen LogP contribution in [-0.4, -0.2) is 34.8 Å². The second-order valence-corrected chi connectivity index (χ2v) is 7.29. The van der Waals surface area contributed by atoms with Gasteiger partial charge < -0.3 is 10.6 Å². The van der Waals surface area contributed by atoms with E-state index in [1.165, 1.54) is 12.1 Å². The number of carbonyl (C=O) groups is 3. The molecular formula is C19H24FN3O3. The summed E-state index contributed by atoms with van der Waals surface area (Å²) in [7, 11) is 0. The van der Waals surface area contributed by atoms with Crippen LogP contribution in [0.1, 0.15) is 44.6 Å². The Bertz CT molecular complexity index is 742. The first-order valence-corrected chi connectivity index (χ1v) is 9.05. The second kappa shape index (κ2) is 7.05. The molecule has 26 heavy (non-hydrogen) atoms. The van der Waals surface area contributed by atoms with E-state index in [2.05, 4.69) is 17.6 Å². The Morgan fingerprint density at radius 2 is 2.04 bits per heavy atom. The van der Waals surface area contributed by atoms with E-state index in [0.717, 1.165) is 29.7 Å². The molecule has 0 aromatic heterocycles. The van der Waals surface area contributed by atoms with Crippen LogP contribution in [0.15, 0.2) is 18.2 Å². The van der Waals surface area contributed by atoms with Crippen molar-refractivity contribution in [2.45, 2.75) is 51.5 Å². The maximum Gasteiger partial charge on any atom is 0.325 e. The van der Waals surface area contributed by atoms with Gasteiger partial charge in [0.15, 0.2) is 0 Å². The van der Waals surface area contributed by atoms with Gasteiger partial charge in [0.25, 0.3) is 5.91 Å². The van der Waals surface area contributed by atoms with Crippen LogP contribution in [0, 0.1) is 18.7 Å². The van der Waals surface area contributed by atoms with Crippen molar-refractivity contribution < 1.29 is 18.8 Å². The van der Waals surface area contributed by atoms with Gasteiger partial charge in [0.1, 0.15) is 17.9 Å². The summed E-state index contributed by atoms with van der Waals surface area (Å²) in [6.07, 6.45) is 4.03. The molecule has 1 aromatic carbocycles. The maximum atomic E-state index is 13.9. The number of urea groups is 1. The molecule has 1 aliphatic carbocycles. The zero-order chi connectivity index (χ0) is 18.9. The number of carbonyl (C=O) groups excluding carboxylic acids is 3. The molecule has 2 aliphatic rings. The number of hydrogen-bond donors (Lipinski definition) is 2. The Hall–Kier alpha value is -2.44. The molecule has 0 bridgehead atoms. The summed E-state index contributed by atoms with van der Waals surface area (Å²) in [5, 5.41) is 5.21. The summed E-state index contributed by atoms with van der Waals surface area (Å²) in [5.74, 6) is -0.927. The first-order valence-electron chi connectivity index (χ1n) is 9.05. The van der Waals surface area contributed by atoms with Crippen molar-refractivity contribution in [3.8, 4) is 0 Å². The van der Waals surface area contributed by atoms with E-state index in [-0.39, 0.29) is 11.6 Å². The molecule has 1 heterocycles. The lowest BCUT2D eigenvalue weighted by atomic mass is 9.75. The standard InChI is InChI=1S/C19H24FN3O3/c1-3-13-6-8-19(9-7-13)17(25)23(18(26)22-19)11-16(24)21-15-5-4-12(2)10-14(15)20/h4-5,10,13H,3,6-9,11H2,1-2H3,(H,21,24)(H,22,26). The number of aryl methyl sites for hydroxylation is 1. The van der Waals surface area contributed by atoms with Gasteiger partial charge in [-0.2, -0.15) is 0 Å². The molecule has 6 nitrogen and oxygen atoms in total. The van der Waals surface area contributed by atoms with E-state index in [9.17, 15) is 18.8 Å². The number of anilines is 1. The number of nitrogens with one attached hydrogen (secondary N) is 2. The highest BCUT2D eigenvalue weighted by Crippen LogP contribution is 2.37. The van der Waals surface area contributed by atoms with Gasteiger partial charge in [-0.1, -0.05) is 19.4 Å². The second-order valence-electron chi connectivity index (χ2n) is 7.29. The molecule has 1 aromatic rings. The number of rotatable bonds is 4. The summed E-state index contributed by atoms with van der Waals surface area (Å²) in [5.41, 5.74) is -0.108. The molecule has 1 spiro atoms. The van der Waals surface area contributed by atoms with E-state index in [4.69, 9.17) is 0 Å². The third-order valence-corrected chi connectivity index (χ3v) is 5.48. The summed E-state index contributed by atoms with van der Waals surface area (Å²) in [6, 6.07) is 3.89. The third-order valence-electron chi connectivity index (χ3n) is 5.48. The van der Waals surface area contributed by atoms with E-state index in [1.54, 1.807) is 13.0 Å². The molecule has 0 atom stereocenters. The topological polar surface area (TPSA) is 78.5 Å². The molecule has 2 N–H and O–H groups in total. The fraction of sp³-hybridized carbons (Fsp3) is 0.526. The van der Waals surface area contributed by atoms with Crippen molar-refractivity contribution in [3.05, 3.63) is 29.6 Å². The highest BCUT2D eigenvalue weighted by molar-refractivity contribution is 6.10. The smallest absolute Gasteiger partial charge is 0.323 e. The van der Waals surface area contributed by atoms with Crippen molar-refractivity contribution >= 4 is 23.5 Å². The van der Waals surface area contributed by atoms with Gasteiger partial charge in [0.05, 0.1) is 5.69 Å². The van der Waals surface area contributed by atoms with Gasteiger partial charge in [0.2, 0.25) is 5.91 Å². The summed E-state index contributed by atoms with van der Waals surface area (Å²) in [6.45, 7) is 3.45. The van der Waals surface area contributed by atoms with Crippen molar-refractivity contribution in [2.24, 2.45) is 5.92 Å². The zero-order valence-electron chi connectivity index (χ0n) is 15.1. The monoisotopic (exact) mass is 361 g/mol. The predicted octanol–water partition coefficient (Wildman–Crippen LogP) is 2.96. The van der Waals surface area contributed by atoms with Gasteiger partial charge in [0, 0.05) is 0 Å². The molecule has 3 rings (SSSR count). The van der Waals surface area contributed by atoms with E-state index in [0.29, 0.717) is 18.8 Å². The van der Waals surface area contributed by atoms with Crippen molar-refractivity contribution in [1.29, 1.82) is 0 Å². The summed E-state index contributed by atoms with van der Waals surface area (Å²) >= 11 is 0. The zero-order valence-corrected chi connectivity index (χ0v) is 15.1.